The van der Waals surface area contributed by atoms with Crippen molar-refractivity contribution in [3.8, 4) is 11.5 Å². The third kappa shape index (κ3) is 4.25. The predicted octanol–water partition coefficient (Wildman–Crippen LogP) is 2.94. The molecule has 2 unspecified atom stereocenters. The van der Waals surface area contributed by atoms with Gasteiger partial charge in [-0.3, -0.25) is 0 Å². The van der Waals surface area contributed by atoms with E-state index in [0.717, 1.165) is 24.9 Å². The van der Waals surface area contributed by atoms with Crippen LogP contribution in [0.25, 0.3) is 0 Å². The highest BCUT2D eigenvalue weighted by Crippen LogP contribution is 2.33. The van der Waals surface area contributed by atoms with Crippen molar-refractivity contribution < 1.29 is 14.9 Å². The third-order valence-corrected chi connectivity index (χ3v) is 4.58. The van der Waals surface area contributed by atoms with Gasteiger partial charge in [0, 0.05) is 29.8 Å². The zero-order valence-corrected chi connectivity index (χ0v) is 13.2. The molecule has 0 amide bonds. The Morgan fingerprint density at radius 3 is 2.67 bits per heavy atom. The number of phenolic OH excluding ortho intramolecular Hbond substituents is 1. The number of methoxy groups -OCH3 is 1. The zero-order valence-electron chi connectivity index (χ0n) is 12.4. The molecule has 0 saturated heterocycles. The lowest BCUT2D eigenvalue weighted by Crippen LogP contribution is -2.32. The molecule has 0 aromatic heterocycles. The second-order valence-corrected chi connectivity index (χ2v) is 6.17. The minimum Gasteiger partial charge on any atom is -0.504 e. The Hall–Kier alpha value is -0.970. The van der Waals surface area contributed by atoms with Gasteiger partial charge < -0.3 is 20.3 Å². The van der Waals surface area contributed by atoms with Crippen LogP contribution in [0.15, 0.2) is 12.1 Å². The lowest BCUT2D eigenvalue weighted by molar-refractivity contribution is 0.133. The molecule has 1 aromatic rings. The van der Waals surface area contributed by atoms with E-state index >= 15 is 0 Å². The van der Waals surface area contributed by atoms with Crippen molar-refractivity contribution in [3.05, 3.63) is 22.7 Å². The van der Waals surface area contributed by atoms with Crippen molar-refractivity contribution in [2.24, 2.45) is 11.8 Å². The lowest BCUT2D eigenvalue weighted by atomic mass is 9.79. The molecule has 0 aliphatic heterocycles. The average Bonchev–Trinajstić information content (AvgIpc) is 2.50. The van der Waals surface area contributed by atoms with Gasteiger partial charge in [0.1, 0.15) is 0 Å². The number of nitrogens with one attached hydrogen (secondary N) is 1. The minimum absolute atomic E-state index is 0.136. The van der Waals surface area contributed by atoms with E-state index in [1.165, 1.54) is 20.0 Å². The Labute approximate surface area is 131 Å². The fraction of sp³-hybridized carbons (Fsp3) is 0.625. The Balaban J connectivity index is 1.92. The van der Waals surface area contributed by atoms with Gasteiger partial charge in [-0.25, -0.2) is 0 Å². The Morgan fingerprint density at radius 2 is 2.00 bits per heavy atom. The molecule has 5 heteroatoms. The smallest absolute Gasteiger partial charge is 0.162 e. The first-order valence-electron chi connectivity index (χ1n) is 7.52. The molecule has 0 spiro atoms. The third-order valence-electron chi connectivity index (χ3n) is 4.36. The van der Waals surface area contributed by atoms with Gasteiger partial charge in [-0.05, 0) is 37.3 Å². The van der Waals surface area contributed by atoms with Crippen LogP contribution in [0.2, 0.25) is 5.02 Å². The molecule has 1 saturated carbocycles. The highest BCUT2D eigenvalue weighted by molar-refractivity contribution is 6.30. The highest BCUT2D eigenvalue weighted by atomic mass is 35.5. The number of hydrogen-bond donors (Lipinski definition) is 3. The SMILES string of the molecule is COc1cc(Cl)cc(CNCC2CCCCC2CO)c1O. The van der Waals surface area contributed by atoms with Gasteiger partial charge in [-0.15, -0.1) is 0 Å². The van der Waals surface area contributed by atoms with Gasteiger partial charge in [-0.1, -0.05) is 24.4 Å². The first kappa shape index (κ1) is 16.4. The monoisotopic (exact) mass is 313 g/mol. The Bertz CT molecular complexity index is 467. The summed E-state index contributed by atoms with van der Waals surface area (Å²) < 4.78 is 5.10. The second kappa shape index (κ2) is 7.87. The van der Waals surface area contributed by atoms with Crippen molar-refractivity contribution in [1.82, 2.24) is 5.32 Å². The van der Waals surface area contributed by atoms with Gasteiger partial charge in [0.25, 0.3) is 0 Å². The topological polar surface area (TPSA) is 61.7 Å². The molecule has 3 N–H and O–H groups in total. The fourth-order valence-corrected chi connectivity index (χ4v) is 3.34. The molecule has 1 fully saturated rings. The van der Waals surface area contributed by atoms with E-state index in [4.69, 9.17) is 16.3 Å². The number of ether oxygens (including phenoxy) is 1. The molecule has 21 heavy (non-hydrogen) atoms. The van der Waals surface area contributed by atoms with Crippen LogP contribution in [0, 0.1) is 11.8 Å². The van der Waals surface area contributed by atoms with Crippen molar-refractivity contribution in [2.75, 3.05) is 20.3 Å². The van der Waals surface area contributed by atoms with Crippen LogP contribution < -0.4 is 10.1 Å². The maximum Gasteiger partial charge on any atom is 0.162 e. The van der Waals surface area contributed by atoms with Gasteiger partial charge in [0.15, 0.2) is 11.5 Å². The van der Waals surface area contributed by atoms with Gasteiger partial charge in [0.2, 0.25) is 0 Å². The Morgan fingerprint density at radius 1 is 1.29 bits per heavy atom. The highest BCUT2D eigenvalue weighted by Gasteiger charge is 2.24. The zero-order chi connectivity index (χ0) is 15.2. The minimum atomic E-state index is 0.136. The van der Waals surface area contributed by atoms with Crippen molar-refractivity contribution >= 4 is 11.6 Å². The first-order valence-corrected chi connectivity index (χ1v) is 7.90. The van der Waals surface area contributed by atoms with Crippen LogP contribution in [0.1, 0.15) is 31.2 Å². The van der Waals surface area contributed by atoms with E-state index in [1.807, 2.05) is 0 Å². The number of rotatable bonds is 6. The summed E-state index contributed by atoms with van der Waals surface area (Å²) in [5.74, 6) is 1.43. The standard InChI is InChI=1S/C16H24ClNO3/c1-21-15-7-14(17)6-13(16(15)20)9-18-8-11-4-2-3-5-12(11)10-19/h6-7,11-12,18-20H,2-5,8-10H2,1H3. The summed E-state index contributed by atoms with van der Waals surface area (Å²) >= 11 is 6.02. The number of aliphatic hydroxyl groups excluding tert-OH is 1. The second-order valence-electron chi connectivity index (χ2n) is 5.73. The molecule has 1 aliphatic rings. The molecule has 4 nitrogen and oxygen atoms in total. The summed E-state index contributed by atoms with van der Waals surface area (Å²) in [6, 6.07) is 3.35. The number of aromatic hydroxyl groups is 1. The molecule has 118 valence electrons. The van der Waals surface area contributed by atoms with Crippen molar-refractivity contribution in [2.45, 2.75) is 32.2 Å². The maximum absolute atomic E-state index is 10.1. The van der Waals surface area contributed by atoms with Crippen LogP contribution >= 0.6 is 11.6 Å². The van der Waals surface area contributed by atoms with Crippen molar-refractivity contribution in [3.63, 3.8) is 0 Å². The van der Waals surface area contributed by atoms with E-state index in [-0.39, 0.29) is 12.4 Å². The quantitative estimate of drug-likeness (QED) is 0.755. The van der Waals surface area contributed by atoms with Crippen LogP contribution in [0.3, 0.4) is 0 Å². The summed E-state index contributed by atoms with van der Waals surface area (Å²) in [6.45, 7) is 1.65. The van der Waals surface area contributed by atoms with E-state index in [2.05, 4.69) is 5.32 Å². The summed E-state index contributed by atoms with van der Waals surface area (Å²) in [5.41, 5.74) is 0.732. The number of phenols is 1. The Kier molecular flexibility index (Phi) is 6.15. The number of benzene rings is 1. The predicted molar refractivity (Wildman–Crippen MR) is 83.9 cm³/mol. The van der Waals surface area contributed by atoms with Crippen LogP contribution in [0.5, 0.6) is 11.5 Å². The molecular formula is C16H24ClNO3. The van der Waals surface area contributed by atoms with Gasteiger partial charge in [-0.2, -0.15) is 0 Å². The molecule has 1 aliphatic carbocycles. The van der Waals surface area contributed by atoms with Crippen LogP contribution in [0.4, 0.5) is 0 Å². The summed E-state index contributed by atoms with van der Waals surface area (Å²) in [4.78, 5) is 0. The molecule has 0 heterocycles. The van der Waals surface area contributed by atoms with Crippen LogP contribution in [-0.4, -0.2) is 30.5 Å². The summed E-state index contributed by atoms with van der Waals surface area (Å²) in [7, 11) is 1.51. The molecule has 1 aromatic carbocycles. The first-order chi connectivity index (χ1) is 10.2. The van der Waals surface area contributed by atoms with E-state index in [0.29, 0.717) is 29.2 Å². The molecule has 0 bridgehead atoms. The summed E-state index contributed by atoms with van der Waals surface area (Å²) in [6.07, 6.45) is 4.72. The maximum atomic E-state index is 10.1. The molecule has 2 atom stereocenters. The number of halogens is 1. The largest absolute Gasteiger partial charge is 0.504 e. The normalized spacial score (nSPS) is 22.2. The van der Waals surface area contributed by atoms with E-state index < -0.39 is 0 Å². The van der Waals surface area contributed by atoms with Gasteiger partial charge in [0.05, 0.1) is 7.11 Å². The fourth-order valence-electron chi connectivity index (χ4n) is 3.10. The molecular weight excluding hydrogens is 290 g/mol. The van der Waals surface area contributed by atoms with E-state index in [9.17, 15) is 10.2 Å². The average molecular weight is 314 g/mol. The molecule has 0 radical (unpaired) electrons. The van der Waals surface area contributed by atoms with E-state index in [1.54, 1.807) is 12.1 Å². The van der Waals surface area contributed by atoms with Crippen molar-refractivity contribution in [1.29, 1.82) is 0 Å². The van der Waals surface area contributed by atoms with Gasteiger partial charge >= 0.3 is 0 Å². The number of hydrogen-bond acceptors (Lipinski definition) is 4. The summed E-state index contributed by atoms with van der Waals surface area (Å²) in [5, 5.41) is 23.4. The lowest BCUT2D eigenvalue weighted by Gasteiger charge is -2.30. The van der Waals surface area contributed by atoms with Crippen LogP contribution in [-0.2, 0) is 6.54 Å². The molecule has 2 rings (SSSR count). The number of aliphatic hydroxyl groups is 1.